The number of likely N-dealkylation sites (tertiary alicyclic amines) is 1. The predicted molar refractivity (Wildman–Crippen MR) is 73.1 cm³/mol. The van der Waals surface area contributed by atoms with Gasteiger partial charge in [-0.2, -0.15) is 0 Å². The molecular weight excluding hydrogens is 226 g/mol. The maximum atomic E-state index is 12.2. The third-order valence-electron chi connectivity index (χ3n) is 4.63. The van der Waals surface area contributed by atoms with Crippen molar-refractivity contribution >= 4 is 5.91 Å². The van der Waals surface area contributed by atoms with E-state index in [4.69, 9.17) is 5.73 Å². The molecule has 0 aromatic carbocycles. The molecule has 1 heterocycles. The Bertz CT molecular complexity index is 295. The summed E-state index contributed by atoms with van der Waals surface area (Å²) in [5, 5.41) is 3.14. The van der Waals surface area contributed by atoms with Gasteiger partial charge >= 0.3 is 0 Å². The van der Waals surface area contributed by atoms with E-state index in [9.17, 15) is 4.79 Å². The highest BCUT2D eigenvalue weighted by atomic mass is 16.1. The standard InChI is InChI=1S/C14H27N3O/c1-10-3-4-12(15)7-13(10)14(18)16-8-11-5-6-17(2)9-11/h10-13H,3-9,15H2,1-2H3,(H,16,18). The number of rotatable bonds is 3. The van der Waals surface area contributed by atoms with E-state index in [2.05, 4.69) is 24.2 Å². The first-order valence-corrected chi connectivity index (χ1v) is 7.28. The molecule has 4 atom stereocenters. The minimum absolute atomic E-state index is 0.132. The zero-order chi connectivity index (χ0) is 13.1. The van der Waals surface area contributed by atoms with Crippen LogP contribution in [0, 0.1) is 17.8 Å². The Morgan fingerprint density at radius 1 is 1.39 bits per heavy atom. The van der Waals surface area contributed by atoms with Crippen molar-refractivity contribution < 1.29 is 4.79 Å². The molecule has 1 aliphatic carbocycles. The number of hydrogen-bond acceptors (Lipinski definition) is 3. The highest BCUT2D eigenvalue weighted by Gasteiger charge is 2.31. The maximum Gasteiger partial charge on any atom is 0.223 e. The molecule has 104 valence electrons. The zero-order valence-electron chi connectivity index (χ0n) is 11.7. The Balaban J connectivity index is 1.76. The summed E-state index contributed by atoms with van der Waals surface area (Å²) in [5.41, 5.74) is 5.97. The first-order chi connectivity index (χ1) is 8.56. The van der Waals surface area contributed by atoms with Crippen LogP contribution in [0.2, 0.25) is 0 Å². The van der Waals surface area contributed by atoms with Crippen molar-refractivity contribution in [2.45, 2.75) is 38.6 Å². The average Bonchev–Trinajstić information content (AvgIpc) is 2.75. The lowest BCUT2D eigenvalue weighted by Gasteiger charge is -2.31. The summed E-state index contributed by atoms with van der Waals surface area (Å²) in [4.78, 5) is 14.5. The monoisotopic (exact) mass is 253 g/mol. The Morgan fingerprint density at radius 3 is 2.83 bits per heavy atom. The number of nitrogens with zero attached hydrogens (tertiary/aromatic N) is 1. The second-order valence-electron chi connectivity index (χ2n) is 6.32. The summed E-state index contributed by atoms with van der Waals surface area (Å²) >= 11 is 0. The normalized spacial score (nSPS) is 37.7. The van der Waals surface area contributed by atoms with E-state index in [0.29, 0.717) is 11.8 Å². The van der Waals surface area contributed by atoms with Crippen LogP contribution in [0.3, 0.4) is 0 Å². The van der Waals surface area contributed by atoms with Crippen LogP contribution in [0.1, 0.15) is 32.6 Å². The topological polar surface area (TPSA) is 58.4 Å². The van der Waals surface area contributed by atoms with Crippen LogP contribution in [0.5, 0.6) is 0 Å². The molecule has 2 fully saturated rings. The highest BCUT2D eigenvalue weighted by molar-refractivity contribution is 5.79. The summed E-state index contributed by atoms with van der Waals surface area (Å²) in [6, 6.07) is 0.217. The number of nitrogens with one attached hydrogen (secondary N) is 1. The third-order valence-corrected chi connectivity index (χ3v) is 4.63. The van der Waals surface area contributed by atoms with Gasteiger partial charge in [-0.1, -0.05) is 6.92 Å². The number of nitrogens with two attached hydrogens (primary N) is 1. The highest BCUT2D eigenvalue weighted by Crippen LogP contribution is 2.29. The van der Waals surface area contributed by atoms with Gasteiger partial charge in [0.2, 0.25) is 5.91 Å². The van der Waals surface area contributed by atoms with Crippen molar-refractivity contribution in [1.29, 1.82) is 0 Å². The predicted octanol–water partition coefficient (Wildman–Crippen LogP) is 0.818. The maximum absolute atomic E-state index is 12.2. The first kappa shape index (κ1) is 13.8. The molecule has 0 aromatic rings. The van der Waals surface area contributed by atoms with Gasteiger partial charge in [0.15, 0.2) is 0 Å². The fraction of sp³-hybridized carbons (Fsp3) is 0.929. The molecule has 4 unspecified atom stereocenters. The fourth-order valence-corrected chi connectivity index (χ4v) is 3.29. The number of hydrogen-bond donors (Lipinski definition) is 2. The number of carbonyl (C=O) groups is 1. The van der Waals surface area contributed by atoms with Crippen molar-refractivity contribution in [3.63, 3.8) is 0 Å². The molecule has 4 nitrogen and oxygen atoms in total. The van der Waals surface area contributed by atoms with Gasteiger partial charge in [-0.25, -0.2) is 0 Å². The Morgan fingerprint density at radius 2 is 2.17 bits per heavy atom. The summed E-state index contributed by atoms with van der Waals surface area (Å²) in [7, 11) is 2.14. The molecule has 3 N–H and O–H groups in total. The van der Waals surface area contributed by atoms with Crippen molar-refractivity contribution in [3.8, 4) is 0 Å². The molecule has 1 saturated carbocycles. The van der Waals surface area contributed by atoms with Crippen LogP contribution < -0.4 is 11.1 Å². The van der Waals surface area contributed by atoms with Gasteiger partial charge < -0.3 is 16.0 Å². The van der Waals surface area contributed by atoms with Gasteiger partial charge in [0.25, 0.3) is 0 Å². The first-order valence-electron chi connectivity index (χ1n) is 7.28. The minimum Gasteiger partial charge on any atom is -0.356 e. The molecule has 4 heteroatoms. The molecule has 2 aliphatic rings. The van der Waals surface area contributed by atoms with E-state index in [-0.39, 0.29) is 17.9 Å². The smallest absolute Gasteiger partial charge is 0.223 e. The molecule has 18 heavy (non-hydrogen) atoms. The molecule has 1 amide bonds. The van der Waals surface area contributed by atoms with Crippen LogP contribution in [0.4, 0.5) is 0 Å². The summed E-state index contributed by atoms with van der Waals surface area (Å²) in [6.07, 6.45) is 4.22. The van der Waals surface area contributed by atoms with Crippen LogP contribution >= 0.6 is 0 Å². The lowest BCUT2D eigenvalue weighted by Crippen LogP contribution is -2.43. The molecular formula is C14H27N3O. The van der Waals surface area contributed by atoms with E-state index in [1.54, 1.807) is 0 Å². The third kappa shape index (κ3) is 3.45. The molecule has 0 spiro atoms. The second kappa shape index (κ2) is 6.02. The minimum atomic E-state index is 0.132. The van der Waals surface area contributed by atoms with Crippen LogP contribution in [0.25, 0.3) is 0 Å². The molecule has 1 aliphatic heterocycles. The molecule has 2 rings (SSSR count). The Kier molecular flexibility index (Phi) is 4.62. The zero-order valence-corrected chi connectivity index (χ0v) is 11.7. The Labute approximate surface area is 110 Å². The molecule has 0 bridgehead atoms. The van der Waals surface area contributed by atoms with Crippen LogP contribution in [0.15, 0.2) is 0 Å². The van der Waals surface area contributed by atoms with Crippen molar-refractivity contribution in [3.05, 3.63) is 0 Å². The fourth-order valence-electron chi connectivity index (χ4n) is 3.29. The summed E-state index contributed by atoms with van der Waals surface area (Å²) in [6.45, 7) is 5.28. The molecule has 0 aromatic heterocycles. The van der Waals surface area contributed by atoms with Crippen molar-refractivity contribution in [2.24, 2.45) is 23.5 Å². The van der Waals surface area contributed by atoms with E-state index >= 15 is 0 Å². The van der Waals surface area contributed by atoms with Gasteiger partial charge in [0.1, 0.15) is 0 Å². The van der Waals surface area contributed by atoms with E-state index < -0.39 is 0 Å². The SMILES string of the molecule is CC1CCC(N)CC1C(=O)NCC1CCN(C)C1. The number of carbonyl (C=O) groups excluding carboxylic acids is 1. The largest absolute Gasteiger partial charge is 0.356 e. The van der Waals surface area contributed by atoms with Gasteiger partial charge in [-0.3, -0.25) is 4.79 Å². The summed E-state index contributed by atoms with van der Waals surface area (Å²) < 4.78 is 0. The summed E-state index contributed by atoms with van der Waals surface area (Å²) in [5.74, 6) is 1.47. The van der Waals surface area contributed by atoms with Gasteiger partial charge in [-0.05, 0) is 51.1 Å². The van der Waals surface area contributed by atoms with E-state index in [1.807, 2.05) is 0 Å². The Hall–Kier alpha value is -0.610. The van der Waals surface area contributed by atoms with Gasteiger partial charge in [0.05, 0.1) is 0 Å². The van der Waals surface area contributed by atoms with Gasteiger partial charge in [0, 0.05) is 25.0 Å². The molecule has 0 radical (unpaired) electrons. The van der Waals surface area contributed by atoms with Crippen LogP contribution in [-0.2, 0) is 4.79 Å². The van der Waals surface area contributed by atoms with Gasteiger partial charge in [-0.15, -0.1) is 0 Å². The average molecular weight is 253 g/mol. The van der Waals surface area contributed by atoms with Crippen molar-refractivity contribution in [2.75, 3.05) is 26.7 Å². The van der Waals surface area contributed by atoms with Crippen LogP contribution in [-0.4, -0.2) is 43.5 Å². The van der Waals surface area contributed by atoms with E-state index in [1.165, 1.54) is 6.42 Å². The number of amides is 1. The quantitative estimate of drug-likeness (QED) is 0.783. The lowest BCUT2D eigenvalue weighted by atomic mass is 9.77. The van der Waals surface area contributed by atoms with E-state index in [0.717, 1.165) is 38.9 Å². The molecule has 1 saturated heterocycles. The second-order valence-corrected chi connectivity index (χ2v) is 6.32. The van der Waals surface area contributed by atoms with Crippen molar-refractivity contribution in [1.82, 2.24) is 10.2 Å². The lowest BCUT2D eigenvalue weighted by molar-refractivity contribution is -0.127.